The van der Waals surface area contributed by atoms with Gasteiger partial charge in [0, 0.05) is 5.92 Å². The minimum Gasteiger partial charge on any atom is -0.467 e. The van der Waals surface area contributed by atoms with Crippen LogP contribution in [-0.2, 0) is 4.79 Å². The van der Waals surface area contributed by atoms with E-state index in [2.05, 4.69) is 5.32 Å². The summed E-state index contributed by atoms with van der Waals surface area (Å²) in [6.45, 7) is 1.95. The van der Waals surface area contributed by atoms with Gasteiger partial charge in [0.25, 0.3) is 0 Å². The SMILES string of the molecule is CC(NC(=O)C1CCCC1)c1ccco1. The molecule has 1 atom stereocenters. The van der Waals surface area contributed by atoms with E-state index in [0.717, 1.165) is 18.6 Å². The highest BCUT2D eigenvalue weighted by molar-refractivity contribution is 5.79. The predicted octanol–water partition coefficient (Wildman–Crippen LogP) is 2.65. The van der Waals surface area contributed by atoms with Gasteiger partial charge in [0.2, 0.25) is 5.91 Å². The summed E-state index contributed by atoms with van der Waals surface area (Å²) in [5.41, 5.74) is 0. The van der Waals surface area contributed by atoms with E-state index in [1.807, 2.05) is 19.1 Å². The first-order valence-electron chi connectivity index (χ1n) is 5.61. The van der Waals surface area contributed by atoms with Gasteiger partial charge in [-0.3, -0.25) is 4.79 Å². The molecule has 3 heteroatoms. The number of hydrogen-bond donors (Lipinski definition) is 1. The standard InChI is InChI=1S/C12H17NO2/c1-9(11-7-4-8-15-11)13-12(14)10-5-2-3-6-10/h4,7-10H,2-3,5-6H2,1H3,(H,13,14). The molecular weight excluding hydrogens is 190 g/mol. The van der Waals surface area contributed by atoms with E-state index in [4.69, 9.17) is 4.42 Å². The molecule has 1 aliphatic rings. The first kappa shape index (κ1) is 10.3. The van der Waals surface area contributed by atoms with Crippen LogP contribution < -0.4 is 5.32 Å². The minimum atomic E-state index is -0.0203. The number of hydrogen-bond acceptors (Lipinski definition) is 2. The molecule has 0 saturated heterocycles. The fourth-order valence-electron chi connectivity index (χ4n) is 2.13. The van der Waals surface area contributed by atoms with Gasteiger partial charge in [0.05, 0.1) is 12.3 Å². The molecule has 0 bridgehead atoms. The topological polar surface area (TPSA) is 42.2 Å². The zero-order valence-corrected chi connectivity index (χ0v) is 9.03. The van der Waals surface area contributed by atoms with Crippen LogP contribution in [0.3, 0.4) is 0 Å². The zero-order valence-electron chi connectivity index (χ0n) is 9.03. The van der Waals surface area contributed by atoms with Crippen LogP contribution in [0, 0.1) is 5.92 Å². The molecule has 1 saturated carbocycles. The summed E-state index contributed by atoms with van der Waals surface area (Å²) < 4.78 is 5.24. The molecule has 82 valence electrons. The van der Waals surface area contributed by atoms with Crippen molar-refractivity contribution in [3.8, 4) is 0 Å². The van der Waals surface area contributed by atoms with Crippen molar-refractivity contribution in [3.63, 3.8) is 0 Å². The van der Waals surface area contributed by atoms with Gasteiger partial charge in [0.1, 0.15) is 5.76 Å². The lowest BCUT2D eigenvalue weighted by Gasteiger charge is -2.14. The largest absolute Gasteiger partial charge is 0.467 e. The van der Waals surface area contributed by atoms with Crippen LogP contribution >= 0.6 is 0 Å². The van der Waals surface area contributed by atoms with Crippen molar-refractivity contribution in [1.29, 1.82) is 0 Å². The van der Waals surface area contributed by atoms with Crippen LogP contribution in [0.15, 0.2) is 22.8 Å². The number of nitrogens with one attached hydrogen (secondary N) is 1. The Morgan fingerprint density at radius 3 is 2.87 bits per heavy atom. The van der Waals surface area contributed by atoms with Crippen LogP contribution in [0.25, 0.3) is 0 Å². The Balaban J connectivity index is 1.88. The Morgan fingerprint density at radius 1 is 1.53 bits per heavy atom. The lowest BCUT2D eigenvalue weighted by molar-refractivity contribution is -0.125. The van der Waals surface area contributed by atoms with E-state index < -0.39 is 0 Å². The van der Waals surface area contributed by atoms with E-state index in [-0.39, 0.29) is 17.9 Å². The summed E-state index contributed by atoms with van der Waals surface area (Å²) in [5.74, 6) is 1.22. The lowest BCUT2D eigenvalue weighted by atomic mass is 10.1. The Hall–Kier alpha value is -1.25. The number of amides is 1. The highest BCUT2D eigenvalue weighted by atomic mass is 16.3. The van der Waals surface area contributed by atoms with Gasteiger partial charge in [-0.1, -0.05) is 12.8 Å². The van der Waals surface area contributed by atoms with Gasteiger partial charge in [-0.05, 0) is 31.9 Å². The smallest absolute Gasteiger partial charge is 0.223 e. The number of carbonyl (C=O) groups excluding carboxylic acids is 1. The van der Waals surface area contributed by atoms with Crippen molar-refractivity contribution in [1.82, 2.24) is 5.32 Å². The molecular formula is C12H17NO2. The van der Waals surface area contributed by atoms with E-state index in [1.165, 1.54) is 12.8 Å². The third-order valence-electron chi connectivity index (χ3n) is 3.05. The van der Waals surface area contributed by atoms with E-state index in [0.29, 0.717) is 0 Å². The maximum atomic E-state index is 11.8. The molecule has 0 aromatic carbocycles. The summed E-state index contributed by atoms with van der Waals surface area (Å²) in [6.07, 6.45) is 6.08. The van der Waals surface area contributed by atoms with E-state index >= 15 is 0 Å². The van der Waals surface area contributed by atoms with Gasteiger partial charge in [-0.25, -0.2) is 0 Å². The summed E-state index contributed by atoms with van der Waals surface area (Å²) >= 11 is 0. The number of rotatable bonds is 3. The fraction of sp³-hybridized carbons (Fsp3) is 0.583. The maximum Gasteiger partial charge on any atom is 0.223 e. The highest BCUT2D eigenvalue weighted by Crippen LogP contribution is 2.25. The summed E-state index contributed by atoms with van der Waals surface area (Å²) in [4.78, 5) is 11.8. The second-order valence-corrected chi connectivity index (χ2v) is 4.23. The lowest BCUT2D eigenvalue weighted by Crippen LogP contribution is -2.31. The average molecular weight is 207 g/mol. The summed E-state index contributed by atoms with van der Waals surface area (Å²) in [6, 6.07) is 3.71. The fourth-order valence-corrected chi connectivity index (χ4v) is 2.13. The minimum absolute atomic E-state index is 0.0203. The second-order valence-electron chi connectivity index (χ2n) is 4.23. The molecule has 1 heterocycles. The third-order valence-corrected chi connectivity index (χ3v) is 3.05. The van der Waals surface area contributed by atoms with Crippen LogP contribution in [0.2, 0.25) is 0 Å². The summed E-state index contributed by atoms with van der Waals surface area (Å²) in [5, 5.41) is 2.99. The quantitative estimate of drug-likeness (QED) is 0.827. The van der Waals surface area contributed by atoms with E-state index in [9.17, 15) is 4.79 Å². The number of furan rings is 1. The number of carbonyl (C=O) groups is 1. The molecule has 0 aliphatic heterocycles. The van der Waals surface area contributed by atoms with Crippen molar-refractivity contribution >= 4 is 5.91 Å². The normalized spacial score (nSPS) is 19.0. The van der Waals surface area contributed by atoms with Gasteiger partial charge in [-0.15, -0.1) is 0 Å². The van der Waals surface area contributed by atoms with E-state index in [1.54, 1.807) is 6.26 Å². The molecule has 0 radical (unpaired) electrons. The molecule has 1 aromatic heterocycles. The summed E-state index contributed by atoms with van der Waals surface area (Å²) in [7, 11) is 0. The monoisotopic (exact) mass is 207 g/mol. The van der Waals surface area contributed by atoms with Crippen molar-refractivity contribution in [2.45, 2.75) is 38.6 Å². The molecule has 1 aromatic rings. The first-order valence-corrected chi connectivity index (χ1v) is 5.61. The zero-order chi connectivity index (χ0) is 10.7. The van der Waals surface area contributed by atoms with Crippen molar-refractivity contribution in [2.75, 3.05) is 0 Å². The highest BCUT2D eigenvalue weighted by Gasteiger charge is 2.24. The molecule has 15 heavy (non-hydrogen) atoms. The molecule has 1 amide bonds. The third kappa shape index (κ3) is 2.41. The van der Waals surface area contributed by atoms with Crippen molar-refractivity contribution in [2.24, 2.45) is 5.92 Å². The second kappa shape index (κ2) is 4.51. The van der Waals surface area contributed by atoms with Crippen LogP contribution in [0.5, 0.6) is 0 Å². The van der Waals surface area contributed by atoms with Crippen molar-refractivity contribution < 1.29 is 9.21 Å². The molecule has 0 spiro atoms. The van der Waals surface area contributed by atoms with Gasteiger partial charge in [0.15, 0.2) is 0 Å². The Labute approximate surface area is 89.9 Å². The maximum absolute atomic E-state index is 11.8. The van der Waals surface area contributed by atoms with Gasteiger partial charge < -0.3 is 9.73 Å². The predicted molar refractivity (Wildman–Crippen MR) is 57.2 cm³/mol. The average Bonchev–Trinajstić information content (AvgIpc) is 2.91. The van der Waals surface area contributed by atoms with Gasteiger partial charge >= 0.3 is 0 Å². The molecule has 1 fully saturated rings. The van der Waals surface area contributed by atoms with Gasteiger partial charge in [-0.2, -0.15) is 0 Å². The molecule has 1 aliphatic carbocycles. The van der Waals surface area contributed by atoms with Crippen LogP contribution in [0.4, 0.5) is 0 Å². The molecule has 3 nitrogen and oxygen atoms in total. The van der Waals surface area contributed by atoms with Crippen LogP contribution in [0.1, 0.15) is 44.4 Å². The first-order chi connectivity index (χ1) is 7.27. The molecule has 1 unspecified atom stereocenters. The Bertz CT molecular complexity index is 312. The van der Waals surface area contributed by atoms with Crippen molar-refractivity contribution in [3.05, 3.63) is 24.2 Å². The Morgan fingerprint density at radius 2 is 2.27 bits per heavy atom. The van der Waals surface area contributed by atoms with Crippen LogP contribution in [-0.4, -0.2) is 5.91 Å². The molecule has 2 rings (SSSR count). The Kier molecular flexibility index (Phi) is 3.09. The molecule has 1 N–H and O–H groups in total.